The van der Waals surface area contributed by atoms with Crippen LogP contribution in [0.15, 0.2) is 212 Å². The predicted octanol–water partition coefficient (Wildman–Crippen LogP) is 15.5. The van der Waals surface area contributed by atoms with Crippen LogP contribution in [0.2, 0.25) is 0 Å². The molecule has 324 valence electrons. The van der Waals surface area contributed by atoms with Gasteiger partial charge in [0.25, 0.3) is 0 Å². The number of nitrogens with zero attached hydrogens (tertiary/aromatic N) is 5. The van der Waals surface area contributed by atoms with Gasteiger partial charge in [-0.2, -0.15) is 0 Å². The molecule has 3 aromatic heterocycles. The van der Waals surface area contributed by atoms with Gasteiger partial charge in [0.2, 0.25) is 0 Å². The van der Waals surface area contributed by atoms with E-state index >= 15 is 0 Å². The lowest BCUT2D eigenvalue weighted by Crippen LogP contribution is -2.40. The summed E-state index contributed by atoms with van der Waals surface area (Å²) in [7, 11) is 0. The van der Waals surface area contributed by atoms with Crippen molar-refractivity contribution in [2.45, 2.75) is 24.7 Å². The van der Waals surface area contributed by atoms with Crippen molar-refractivity contribution >= 4 is 42.4 Å². The summed E-state index contributed by atoms with van der Waals surface area (Å²) in [4.78, 5) is 26.9. The minimum absolute atomic E-state index is 0.243. The summed E-state index contributed by atoms with van der Waals surface area (Å²) >= 11 is 1.76. The van der Waals surface area contributed by atoms with Crippen LogP contribution in [0.1, 0.15) is 47.2 Å². The van der Waals surface area contributed by atoms with E-state index < -0.39 is 5.41 Å². The van der Waals surface area contributed by atoms with Gasteiger partial charge in [0.1, 0.15) is 0 Å². The fraction of sp³-hybridized carbons (Fsp3) is 0.0635. The van der Waals surface area contributed by atoms with Crippen molar-refractivity contribution in [3.63, 3.8) is 0 Å². The van der Waals surface area contributed by atoms with Crippen molar-refractivity contribution in [1.82, 2.24) is 24.9 Å². The van der Waals surface area contributed by atoms with E-state index in [1.165, 1.54) is 43.5 Å². The molecule has 9 aromatic carbocycles. The molecule has 0 saturated carbocycles. The van der Waals surface area contributed by atoms with Gasteiger partial charge in [-0.1, -0.05) is 214 Å². The van der Waals surface area contributed by atoms with Crippen molar-refractivity contribution < 1.29 is 0 Å². The monoisotopic (exact) mass is 899 g/mol. The van der Waals surface area contributed by atoms with Crippen LogP contribution in [0, 0.1) is 0 Å². The zero-order valence-corrected chi connectivity index (χ0v) is 38.7. The second kappa shape index (κ2) is 15.0. The molecule has 1 spiro atoms. The molecule has 3 heterocycles. The normalized spacial score (nSPS) is 13.9. The predicted molar refractivity (Wildman–Crippen MR) is 282 cm³/mol. The first-order chi connectivity index (χ1) is 34.0. The van der Waals surface area contributed by atoms with Gasteiger partial charge in [-0.05, 0) is 67.4 Å². The van der Waals surface area contributed by atoms with Crippen LogP contribution in [0.3, 0.4) is 0 Å². The number of aromatic nitrogens is 5. The minimum atomic E-state index is -0.651. The second-order valence-electron chi connectivity index (χ2n) is 18.7. The molecule has 0 amide bonds. The maximum absolute atomic E-state index is 5.60. The number of hydrogen-bond acceptors (Lipinski definition) is 6. The average molecular weight is 900 g/mol. The third-order valence-corrected chi connectivity index (χ3v) is 15.8. The van der Waals surface area contributed by atoms with E-state index in [9.17, 15) is 0 Å². The zero-order chi connectivity index (χ0) is 45.8. The van der Waals surface area contributed by atoms with Crippen LogP contribution < -0.4 is 0 Å². The Morgan fingerprint density at radius 1 is 0.362 bits per heavy atom. The Hall–Kier alpha value is -8.45. The van der Waals surface area contributed by atoms with Gasteiger partial charge in [-0.3, -0.25) is 0 Å². The lowest BCUT2D eigenvalue weighted by molar-refractivity contribution is 0.563. The molecule has 14 rings (SSSR count). The summed E-state index contributed by atoms with van der Waals surface area (Å²) in [6.07, 6.45) is 0. The Morgan fingerprint density at radius 3 is 1.61 bits per heavy atom. The topological polar surface area (TPSA) is 64.5 Å². The standard InChI is InChI=1S/C63H41N5S/c1-62(2)48-29-12-14-31-50(48)63(51-32-15-13-30-49(51)62)47-36-35-41(60-64-55(43-27-17-24-38-19-9-10-25-42(38)43)57-56(65-60)44-26-11-16-34-53(44)69-57)37-46(47)54-45(28-18-33-52(54)63)61-67-58(39-20-5-3-6-21-39)66-59(68-61)40-22-7-4-8-23-40/h3-37H,1-2H3. The highest BCUT2D eigenvalue weighted by Crippen LogP contribution is 2.63. The van der Waals surface area contributed by atoms with Crippen molar-refractivity contribution in [3.8, 4) is 67.9 Å². The summed E-state index contributed by atoms with van der Waals surface area (Å²) in [5.74, 6) is 2.55. The van der Waals surface area contributed by atoms with E-state index in [1.807, 2.05) is 36.4 Å². The number of thiophene rings is 1. The van der Waals surface area contributed by atoms with Gasteiger partial charge in [0, 0.05) is 43.3 Å². The molecular formula is C63H41N5S. The molecule has 0 bridgehead atoms. The molecule has 2 aliphatic rings. The average Bonchev–Trinajstić information content (AvgIpc) is 3.94. The van der Waals surface area contributed by atoms with E-state index in [1.54, 1.807) is 11.3 Å². The third kappa shape index (κ3) is 5.79. The molecule has 2 aliphatic carbocycles. The highest BCUT2D eigenvalue weighted by molar-refractivity contribution is 7.26. The summed E-state index contributed by atoms with van der Waals surface area (Å²) in [6, 6.07) is 76.0. The summed E-state index contributed by atoms with van der Waals surface area (Å²) in [5, 5.41) is 3.47. The lowest BCUT2D eigenvalue weighted by atomic mass is 9.55. The van der Waals surface area contributed by atoms with E-state index in [2.05, 4.69) is 190 Å². The largest absolute Gasteiger partial charge is 0.226 e. The summed E-state index contributed by atoms with van der Waals surface area (Å²) in [6.45, 7) is 4.73. The quantitative estimate of drug-likeness (QED) is 0.172. The van der Waals surface area contributed by atoms with Crippen LogP contribution in [0.5, 0.6) is 0 Å². The summed E-state index contributed by atoms with van der Waals surface area (Å²) < 4.78 is 2.27. The molecule has 0 saturated heterocycles. The molecule has 0 N–H and O–H groups in total. The van der Waals surface area contributed by atoms with Gasteiger partial charge in [0.05, 0.1) is 21.3 Å². The molecule has 0 unspecified atom stereocenters. The minimum Gasteiger partial charge on any atom is -0.226 e. The molecule has 5 nitrogen and oxygen atoms in total. The molecule has 6 heteroatoms. The number of hydrogen-bond donors (Lipinski definition) is 0. The maximum atomic E-state index is 5.60. The molecule has 0 fully saturated rings. The van der Waals surface area contributed by atoms with Crippen molar-refractivity contribution in [3.05, 3.63) is 246 Å². The highest BCUT2D eigenvalue weighted by Gasteiger charge is 2.54. The van der Waals surface area contributed by atoms with Gasteiger partial charge >= 0.3 is 0 Å². The van der Waals surface area contributed by atoms with Crippen LogP contribution in [-0.4, -0.2) is 24.9 Å². The fourth-order valence-corrected chi connectivity index (χ4v) is 12.7. The van der Waals surface area contributed by atoms with E-state index in [0.717, 1.165) is 65.6 Å². The van der Waals surface area contributed by atoms with Crippen LogP contribution in [-0.2, 0) is 10.8 Å². The Kier molecular flexibility index (Phi) is 8.65. The number of benzene rings is 9. The Bertz CT molecular complexity index is 3950. The van der Waals surface area contributed by atoms with E-state index in [4.69, 9.17) is 24.9 Å². The fourth-order valence-electron chi connectivity index (χ4n) is 11.5. The molecule has 69 heavy (non-hydrogen) atoms. The van der Waals surface area contributed by atoms with Crippen molar-refractivity contribution in [2.75, 3.05) is 0 Å². The maximum Gasteiger partial charge on any atom is 0.164 e. The smallest absolute Gasteiger partial charge is 0.164 e. The first-order valence-corrected chi connectivity index (χ1v) is 24.3. The zero-order valence-electron chi connectivity index (χ0n) is 37.9. The number of rotatable bonds is 5. The third-order valence-electron chi connectivity index (χ3n) is 14.6. The van der Waals surface area contributed by atoms with Gasteiger partial charge in [-0.25, -0.2) is 24.9 Å². The highest BCUT2D eigenvalue weighted by atomic mass is 32.1. The summed E-state index contributed by atoms with van der Waals surface area (Å²) in [5.41, 5.74) is 15.6. The van der Waals surface area contributed by atoms with Crippen LogP contribution in [0.25, 0.3) is 99.0 Å². The van der Waals surface area contributed by atoms with Gasteiger partial charge < -0.3 is 0 Å². The van der Waals surface area contributed by atoms with E-state index in [-0.39, 0.29) is 5.41 Å². The molecular weight excluding hydrogens is 859 g/mol. The lowest BCUT2D eigenvalue weighted by Gasteiger charge is -2.46. The second-order valence-corrected chi connectivity index (χ2v) is 19.7. The Morgan fingerprint density at radius 2 is 0.899 bits per heavy atom. The first-order valence-electron chi connectivity index (χ1n) is 23.5. The Labute approximate surface area is 403 Å². The van der Waals surface area contributed by atoms with Crippen LogP contribution >= 0.6 is 11.3 Å². The molecule has 12 aromatic rings. The van der Waals surface area contributed by atoms with Crippen molar-refractivity contribution in [1.29, 1.82) is 0 Å². The number of fused-ring (bicyclic) bond motifs is 13. The first kappa shape index (κ1) is 39.7. The Balaban J connectivity index is 1.08. The van der Waals surface area contributed by atoms with E-state index in [0.29, 0.717) is 23.3 Å². The molecule has 0 atom stereocenters. The van der Waals surface area contributed by atoms with Gasteiger partial charge in [-0.15, -0.1) is 11.3 Å². The van der Waals surface area contributed by atoms with Crippen molar-refractivity contribution in [2.24, 2.45) is 0 Å². The molecule has 0 aliphatic heterocycles. The molecule has 0 radical (unpaired) electrons. The van der Waals surface area contributed by atoms with Gasteiger partial charge in [0.15, 0.2) is 23.3 Å². The SMILES string of the molecule is CC1(C)c2ccccc2C2(c3ccc(-c4nc(-c5cccc6ccccc56)c5sc6ccccc6c5n4)cc3-c3c(-c4nc(-c5ccccc5)nc(-c5ccccc5)n4)cccc32)c2ccccc21. The van der Waals surface area contributed by atoms with Crippen LogP contribution in [0.4, 0.5) is 0 Å².